The summed E-state index contributed by atoms with van der Waals surface area (Å²) in [6.07, 6.45) is -1.14. The summed E-state index contributed by atoms with van der Waals surface area (Å²) in [4.78, 5) is 32.9. The molecule has 1 rings (SSSR count). The van der Waals surface area contributed by atoms with Crippen LogP contribution in [0.25, 0.3) is 0 Å². The van der Waals surface area contributed by atoms with E-state index in [0.29, 0.717) is 0 Å². The summed E-state index contributed by atoms with van der Waals surface area (Å²) >= 11 is 0. The van der Waals surface area contributed by atoms with Gasteiger partial charge in [0.25, 0.3) is 0 Å². The lowest BCUT2D eigenvalue weighted by atomic mass is 10.0. The molecule has 0 spiro atoms. The van der Waals surface area contributed by atoms with E-state index in [9.17, 15) is 14.4 Å². The number of benzene rings is 1. The lowest BCUT2D eigenvalue weighted by molar-refractivity contribution is -0.150. The zero-order valence-corrected chi connectivity index (χ0v) is 10.3. The molecule has 0 saturated heterocycles. The number of carboxylic acid groups (broad SMARTS) is 2. The number of esters is 1. The number of carboxylic acids is 2. The summed E-state index contributed by atoms with van der Waals surface area (Å²) in [7, 11) is 0. The van der Waals surface area contributed by atoms with Crippen molar-refractivity contribution in [2.45, 2.75) is 19.8 Å². The number of rotatable bonds is 6. The van der Waals surface area contributed by atoms with Gasteiger partial charge in [-0.3, -0.25) is 14.4 Å². The van der Waals surface area contributed by atoms with E-state index in [-0.39, 0.29) is 5.75 Å². The van der Waals surface area contributed by atoms with Crippen LogP contribution in [-0.2, 0) is 14.4 Å². The minimum Gasteiger partial charge on any atom is -0.481 e. The Morgan fingerprint density at radius 3 is 1.95 bits per heavy atom. The summed E-state index contributed by atoms with van der Waals surface area (Å²) in [5.41, 5.74) is 0.979. The van der Waals surface area contributed by atoms with Gasteiger partial charge in [0, 0.05) is 0 Å². The van der Waals surface area contributed by atoms with Crippen LogP contribution in [0.4, 0.5) is 0 Å². The molecule has 6 nitrogen and oxygen atoms in total. The summed E-state index contributed by atoms with van der Waals surface area (Å²) in [5.74, 6) is -4.28. The van der Waals surface area contributed by atoms with E-state index in [4.69, 9.17) is 14.9 Å². The monoisotopic (exact) mass is 266 g/mol. The van der Waals surface area contributed by atoms with Crippen molar-refractivity contribution in [3.05, 3.63) is 29.8 Å². The minimum absolute atomic E-state index is 0.261. The van der Waals surface area contributed by atoms with Crippen molar-refractivity contribution in [2.75, 3.05) is 0 Å². The Kier molecular flexibility index (Phi) is 5.05. The van der Waals surface area contributed by atoms with Crippen molar-refractivity contribution in [1.29, 1.82) is 0 Å². The van der Waals surface area contributed by atoms with Crippen molar-refractivity contribution < 1.29 is 29.3 Å². The predicted molar refractivity (Wildman–Crippen MR) is 64.8 cm³/mol. The van der Waals surface area contributed by atoms with Gasteiger partial charge < -0.3 is 14.9 Å². The maximum Gasteiger partial charge on any atom is 0.315 e. The smallest absolute Gasteiger partial charge is 0.315 e. The van der Waals surface area contributed by atoms with Crippen molar-refractivity contribution in [1.82, 2.24) is 0 Å². The van der Waals surface area contributed by atoms with Gasteiger partial charge in [0.05, 0.1) is 18.8 Å². The van der Waals surface area contributed by atoms with Crippen LogP contribution >= 0.6 is 0 Å². The third-order valence-corrected chi connectivity index (χ3v) is 2.41. The van der Waals surface area contributed by atoms with Gasteiger partial charge in [-0.05, 0) is 19.1 Å². The Bertz CT molecular complexity index is 460. The van der Waals surface area contributed by atoms with Crippen LogP contribution in [0, 0.1) is 12.8 Å². The molecule has 0 unspecified atom stereocenters. The van der Waals surface area contributed by atoms with Crippen LogP contribution in [0.5, 0.6) is 5.75 Å². The van der Waals surface area contributed by atoms with Crippen molar-refractivity contribution >= 4 is 17.9 Å². The summed E-state index contributed by atoms with van der Waals surface area (Å²) in [6.45, 7) is 1.86. The van der Waals surface area contributed by atoms with Crippen LogP contribution in [0.2, 0.25) is 0 Å². The van der Waals surface area contributed by atoms with Gasteiger partial charge in [0.1, 0.15) is 5.75 Å². The molecule has 0 bridgehead atoms. The van der Waals surface area contributed by atoms with E-state index in [2.05, 4.69) is 0 Å². The first-order chi connectivity index (χ1) is 8.88. The first-order valence-corrected chi connectivity index (χ1v) is 5.60. The van der Waals surface area contributed by atoms with Crippen molar-refractivity contribution in [2.24, 2.45) is 5.92 Å². The highest BCUT2D eigenvalue weighted by atomic mass is 16.5. The number of aryl methyl sites for hydroxylation is 1. The average molecular weight is 266 g/mol. The van der Waals surface area contributed by atoms with Gasteiger partial charge in [-0.1, -0.05) is 17.7 Å². The Morgan fingerprint density at radius 1 is 1.05 bits per heavy atom. The molecule has 1 aromatic rings. The van der Waals surface area contributed by atoms with Crippen molar-refractivity contribution in [3.63, 3.8) is 0 Å². The zero-order valence-electron chi connectivity index (χ0n) is 10.3. The van der Waals surface area contributed by atoms with Crippen LogP contribution < -0.4 is 4.74 Å². The number of carbonyl (C=O) groups excluding carboxylic acids is 1. The van der Waals surface area contributed by atoms with Crippen molar-refractivity contribution in [3.8, 4) is 5.75 Å². The van der Waals surface area contributed by atoms with Gasteiger partial charge in [0.2, 0.25) is 0 Å². The fourth-order valence-corrected chi connectivity index (χ4v) is 1.47. The Morgan fingerprint density at radius 2 is 1.53 bits per heavy atom. The van der Waals surface area contributed by atoms with E-state index >= 15 is 0 Å². The molecule has 0 heterocycles. The molecular weight excluding hydrogens is 252 g/mol. The second-order valence-electron chi connectivity index (χ2n) is 4.13. The molecule has 1 aromatic carbocycles. The molecule has 0 radical (unpaired) electrons. The zero-order chi connectivity index (χ0) is 14.4. The number of hydrogen-bond donors (Lipinski definition) is 2. The molecule has 0 aliphatic heterocycles. The molecule has 0 aromatic heterocycles. The maximum absolute atomic E-state index is 11.7. The standard InChI is InChI=1S/C13H14O6/c1-8-2-4-10(5-3-8)19-13(18)9(6-11(14)15)7-12(16)17/h2-5,9H,6-7H2,1H3,(H,14,15)(H,16,17). The Hall–Kier alpha value is -2.37. The summed E-state index contributed by atoms with van der Waals surface area (Å²) < 4.78 is 4.97. The lowest BCUT2D eigenvalue weighted by Gasteiger charge is -2.12. The van der Waals surface area contributed by atoms with E-state index in [1.165, 1.54) is 0 Å². The number of carbonyl (C=O) groups is 3. The molecule has 0 saturated carbocycles. The molecular formula is C13H14O6. The molecule has 0 atom stereocenters. The fourth-order valence-electron chi connectivity index (χ4n) is 1.47. The lowest BCUT2D eigenvalue weighted by Crippen LogP contribution is -2.25. The number of ether oxygens (including phenoxy) is 1. The quantitative estimate of drug-likeness (QED) is 0.597. The highest BCUT2D eigenvalue weighted by molar-refractivity contribution is 5.84. The maximum atomic E-state index is 11.7. The average Bonchev–Trinajstić information content (AvgIpc) is 2.30. The Balaban J connectivity index is 2.73. The topological polar surface area (TPSA) is 101 Å². The molecule has 6 heteroatoms. The van der Waals surface area contributed by atoms with Gasteiger partial charge in [-0.2, -0.15) is 0 Å². The molecule has 2 N–H and O–H groups in total. The molecule has 19 heavy (non-hydrogen) atoms. The van der Waals surface area contributed by atoms with E-state index in [1.807, 2.05) is 6.92 Å². The SMILES string of the molecule is Cc1ccc(OC(=O)C(CC(=O)O)CC(=O)O)cc1. The molecule has 0 amide bonds. The van der Waals surface area contributed by atoms with Gasteiger partial charge in [0.15, 0.2) is 0 Å². The largest absolute Gasteiger partial charge is 0.481 e. The Labute approximate surface area is 109 Å². The third-order valence-electron chi connectivity index (χ3n) is 2.41. The van der Waals surface area contributed by atoms with E-state index in [1.54, 1.807) is 24.3 Å². The van der Waals surface area contributed by atoms with E-state index < -0.39 is 36.7 Å². The third kappa shape index (κ3) is 5.20. The second kappa shape index (κ2) is 6.53. The molecule has 0 fully saturated rings. The van der Waals surface area contributed by atoms with Crippen LogP contribution in [-0.4, -0.2) is 28.1 Å². The molecule has 102 valence electrons. The second-order valence-corrected chi connectivity index (χ2v) is 4.13. The van der Waals surface area contributed by atoms with Gasteiger partial charge in [-0.25, -0.2) is 0 Å². The highest BCUT2D eigenvalue weighted by Crippen LogP contribution is 2.17. The van der Waals surface area contributed by atoms with Crippen LogP contribution in [0.3, 0.4) is 0 Å². The summed E-state index contributed by atoms with van der Waals surface area (Å²) in [5, 5.41) is 17.3. The molecule has 0 aliphatic rings. The molecule has 0 aliphatic carbocycles. The predicted octanol–water partition coefficient (Wildman–Crippen LogP) is 1.47. The van der Waals surface area contributed by atoms with Gasteiger partial charge >= 0.3 is 17.9 Å². The first kappa shape index (κ1) is 14.7. The van der Waals surface area contributed by atoms with Gasteiger partial charge in [-0.15, -0.1) is 0 Å². The normalized spacial score (nSPS) is 10.2. The summed E-state index contributed by atoms with van der Waals surface area (Å²) in [6, 6.07) is 6.58. The highest BCUT2D eigenvalue weighted by Gasteiger charge is 2.26. The van der Waals surface area contributed by atoms with Crippen LogP contribution in [0.15, 0.2) is 24.3 Å². The first-order valence-electron chi connectivity index (χ1n) is 5.60. The number of hydrogen-bond acceptors (Lipinski definition) is 4. The van der Waals surface area contributed by atoms with E-state index in [0.717, 1.165) is 5.56 Å². The fraction of sp³-hybridized carbons (Fsp3) is 0.308. The van der Waals surface area contributed by atoms with Crippen LogP contribution in [0.1, 0.15) is 18.4 Å². The number of aliphatic carboxylic acids is 2. The minimum atomic E-state index is -1.24.